The van der Waals surface area contributed by atoms with E-state index in [1.165, 1.54) is 18.2 Å². The number of hydrogen-bond acceptors (Lipinski definition) is 3. The first kappa shape index (κ1) is 15.0. The minimum Gasteiger partial charge on any atom is -0.399 e. The minimum atomic E-state index is -1.87. The number of hydrogen-bond donors (Lipinski definition) is 0. The van der Waals surface area contributed by atoms with Gasteiger partial charge in [-0.3, -0.25) is 0 Å². The van der Waals surface area contributed by atoms with Gasteiger partial charge in [0.1, 0.15) is 11.9 Å². The van der Waals surface area contributed by atoms with Gasteiger partial charge in [-0.15, -0.1) is 0 Å². The molecule has 0 bridgehead atoms. The Morgan fingerprint density at radius 2 is 1.70 bits per heavy atom. The van der Waals surface area contributed by atoms with Crippen molar-refractivity contribution >= 4 is 12.6 Å². The third-order valence-corrected chi connectivity index (χ3v) is 3.87. The first-order valence-electron chi connectivity index (χ1n) is 6.36. The molecular weight excluding hydrogens is 263 g/mol. The zero-order valence-electron chi connectivity index (χ0n) is 11.9. The average Bonchev–Trinajstić information content (AvgIpc) is 2.57. The maximum absolute atomic E-state index is 13.6. The van der Waals surface area contributed by atoms with Gasteiger partial charge >= 0.3 is 7.12 Å². The van der Waals surface area contributed by atoms with E-state index in [0.29, 0.717) is 5.46 Å². The largest absolute Gasteiger partial charge is 0.494 e. The summed E-state index contributed by atoms with van der Waals surface area (Å²) in [6.07, 6.45) is -1.87. The predicted octanol–water partition coefficient (Wildman–Crippen LogP) is 2.66. The number of nitrogens with zero attached hydrogens (tertiary/aromatic N) is 1. The van der Waals surface area contributed by atoms with Crippen LogP contribution in [0.5, 0.6) is 0 Å². The van der Waals surface area contributed by atoms with Crippen LogP contribution >= 0.6 is 0 Å². The maximum atomic E-state index is 13.6. The van der Waals surface area contributed by atoms with Gasteiger partial charge in [0.25, 0.3) is 0 Å². The highest BCUT2D eigenvalue weighted by molar-refractivity contribution is 6.62. The highest BCUT2D eigenvalue weighted by Crippen LogP contribution is 2.36. The monoisotopic (exact) mass is 279 g/mol. The highest BCUT2D eigenvalue weighted by atomic mass is 19.1. The van der Waals surface area contributed by atoms with Gasteiger partial charge in [0.05, 0.1) is 11.2 Å². The molecule has 3 nitrogen and oxygen atoms in total. The molecule has 1 fully saturated rings. The molecule has 1 atom stereocenters. The van der Waals surface area contributed by atoms with Gasteiger partial charge in [-0.25, -0.2) is 8.78 Å². The number of halogens is 2. The summed E-state index contributed by atoms with van der Waals surface area (Å²) >= 11 is 0. The van der Waals surface area contributed by atoms with E-state index in [0.717, 1.165) is 6.07 Å². The van der Waals surface area contributed by atoms with Crippen LogP contribution in [0.25, 0.3) is 0 Å². The summed E-state index contributed by atoms with van der Waals surface area (Å²) in [6, 6.07) is 5.08. The van der Waals surface area contributed by atoms with Crippen LogP contribution in [-0.2, 0) is 9.31 Å². The second-order valence-corrected chi connectivity index (χ2v) is 5.90. The Balaban J connectivity index is 2.36. The fourth-order valence-corrected chi connectivity index (χ4v) is 1.97. The van der Waals surface area contributed by atoms with Gasteiger partial charge in [0.2, 0.25) is 6.17 Å². The van der Waals surface area contributed by atoms with Crippen molar-refractivity contribution in [1.82, 2.24) is 0 Å². The molecule has 106 valence electrons. The normalized spacial score (nSPS) is 21.6. The second kappa shape index (κ2) is 4.83. The Kier molecular flexibility index (Phi) is 3.61. The fourth-order valence-electron chi connectivity index (χ4n) is 1.97. The molecular formula is C14H16BF2NO2. The fraction of sp³-hybridized carbons (Fsp3) is 0.500. The Hall–Kier alpha value is -1.45. The SMILES string of the molecule is CC1(C)OB(c2cc(F)cc(C(F)C#N)c2)OC1(C)C. The van der Waals surface area contributed by atoms with E-state index < -0.39 is 30.3 Å². The summed E-state index contributed by atoms with van der Waals surface area (Å²) in [5, 5.41) is 8.59. The van der Waals surface area contributed by atoms with Crippen molar-refractivity contribution < 1.29 is 18.1 Å². The summed E-state index contributed by atoms with van der Waals surface area (Å²) in [6.45, 7) is 7.50. The third kappa shape index (κ3) is 2.56. The van der Waals surface area contributed by atoms with E-state index >= 15 is 0 Å². The molecule has 0 radical (unpaired) electrons. The van der Waals surface area contributed by atoms with Crippen molar-refractivity contribution in [2.45, 2.75) is 45.1 Å². The van der Waals surface area contributed by atoms with E-state index in [4.69, 9.17) is 14.6 Å². The number of benzene rings is 1. The lowest BCUT2D eigenvalue weighted by atomic mass is 9.78. The quantitative estimate of drug-likeness (QED) is 0.781. The van der Waals surface area contributed by atoms with Crippen molar-refractivity contribution in [3.8, 4) is 6.07 Å². The Morgan fingerprint density at radius 1 is 1.15 bits per heavy atom. The van der Waals surface area contributed by atoms with Gasteiger partial charge in [-0.2, -0.15) is 5.26 Å². The van der Waals surface area contributed by atoms with Gasteiger partial charge in [0.15, 0.2) is 0 Å². The number of nitriles is 1. The van der Waals surface area contributed by atoms with Crippen LogP contribution < -0.4 is 5.46 Å². The van der Waals surface area contributed by atoms with Crippen LogP contribution in [0.1, 0.15) is 39.4 Å². The predicted molar refractivity (Wildman–Crippen MR) is 71.6 cm³/mol. The summed E-state index contributed by atoms with van der Waals surface area (Å²) in [5.74, 6) is -0.620. The minimum absolute atomic E-state index is 0.0304. The smallest absolute Gasteiger partial charge is 0.399 e. The van der Waals surface area contributed by atoms with Crippen LogP contribution in [0.2, 0.25) is 0 Å². The summed E-state index contributed by atoms with van der Waals surface area (Å²) in [5.41, 5.74) is -0.781. The van der Waals surface area contributed by atoms with Crippen molar-refractivity contribution in [1.29, 1.82) is 5.26 Å². The molecule has 1 unspecified atom stereocenters. The first-order valence-corrected chi connectivity index (χ1v) is 6.36. The van der Waals surface area contributed by atoms with E-state index in [-0.39, 0.29) is 5.56 Å². The maximum Gasteiger partial charge on any atom is 0.494 e. The van der Waals surface area contributed by atoms with E-state index in [9.17, 15) is 8.78 Å². The van der Waals surface area contributed by atoms with Crippen LogP contribution in [0.4, 0.5) is 8.78 Å². The van der Waals surface area contributed by atoms with E-state index in [1.807, 2.05) is 27.7 Å². The number of rotatable bonds is 2. The van der Waals surface area contributed by atoms with Crippen molar-refractivity contribution in [3.63, 3.8) is 0 Å². The topological polar surface area (TPSA) is 42.2 Å². The van der Waals surface area contributed by atoms with Crippen LogP contribution in [-0.4, -0.2) is 18.3 Å². The molecule has 0 spiro atoms. The molecule has 2 rings (SSSR count). The summed E-state index contributed by atoms with van der Waals surface area (Å²) < 4.78 is 38.5. The molecule has 1 aromatic carbocycles. The van der Waals surface area contributed by atoms with Crippen LogP contribution in [0.3, 0.4) is 0 Å². The molecule has 20 heavy (non-hydrogen) atoms. The van der Waals surface area contributed by atoms with Crippen molar-refractivity contribution in [3.05, 3.63) is 29.6 Å². The van der Waals surface area contributed by atoms with Gasteiger partial charge < -0.3 is 9.31 Å². The molecule has 6 heteroatoms. The van der Waals surface area contributed by atoms with Crippen molar-refractivity contribution in [2.75, 3.05) is 0 Å². The zero-order valence-corrected chi connectivity index (χ0v) is 11.9. The van der Waals surface area contributed by atoms with E-state index in [2.05, 4.69) is 0 Å². The van der Waals surface area contributed by atoms with Crippen molar-refractivity contribution in [2.24, 2.45) is 0 Å². The molecule has 0 saturated carbocycles. The molecule has 1 aromatic rings. The molecule has 0 aromatic heterocycles. The van der Waals surface area contributed by atoms with Gasteiger partial charge in [-0.05, 0) is 45.3 Å². The Morgan fingerprint density at radius 3 is 2.20 bits per heavy atom. The zero-order chi connectivity index (χ0) is 15.1. The van der Waals surface area contributed by atoms with Gasteiger partial charge in [0, 0.05) is 5.56 Å². The molecule has 0 amide bonds. The highest BCUT2D eigenvalue weighted by Gasteiger charge is 2.51. The molecule has 0 N–H and O–H groups in total. The van der Waals surface area contributed by atoms with Crippen LogP contribution in [0.15, 0.2) is 18.2 Å². The molecule has 1 heterocycles. The molecule has 1 aliphatic heterocycles. The lowest BCUT2D eigenvalue weighted by molar-refractivity contribution is 0.00578. The Labute approximate surface area is 117 Å². The number of alkyl halides is 1. The lowest BCUT2D eigenvalue weighted by Crippen LogP contribution is -2.41. The molecule has 1 aliphatic rings. The summed E-state index contributed by atoms with van der Waals surface area (Å²) in [4.78, 5) is 0. The molecule has 1 saturated heterocycles. The van der Waals surface area contributed by atoms with E-state index in [1.54, 1.807) is 0 Å². The Bertz CT molecular complexity index is 553. The second-order valence-electron chi connectivity index (χ2n) is 5.90. The first-order chi connectivity index (χ1) is 9.16. The summed E-state index contributed by atoms with van der Waals surface area (Å²) in [7, 11) is -0.777. The van der Waals surface area contributed by atoms with Crippen LogP contribution in [0, 0.1) is 17.1 Å². The standard InChI is InChI=1S/C14H16BF2NO2/c1-13(2)14(3,4)20-15(19-13)10-5-9(12(17)8-18)6-11(16)7-10/h5-7,12H,1-4H3. The third-order valence-electron chi connectivity index (χ3n) is 3.87. The van der Waals surface area contributed by atoms with Gasteiger partial charge in [-0.1, -0.05) is 6.07 Å². The molecule has 0 aliphatic carbocycles. The lowest BCUT2D eigenvalue weighted by Gasteiger charge is -2.32. The average molecular weight is 279 g/mol.